The molecule has 28 heavy (non-hydrogen) atoms. The van der Waals surface area contributed by atoms with Gasteiger partial charge in [-0.1, -0.05) is 30.3 Å². The lowest BCUT2D eigenvalue weighted by Gasteiger charge is -2.31. The number of ether oxygens (including phenoxy) is 1. The number of amides is 1. The fourth-order valence-electron chi connectivity index (χ4n) is 3.31. The Kier molecular flexibility index (Phi) is 7.03. The molecule has 1 aliphatic heterocycles. The van der Waals surface area contributed by atoms with Crippen molar-refractivity contribution in [2.45, 2.75) is 19.4 Å². The average Bonchev–Trinajstić information content (AvgIpc) is 3.19. The van der Waals surface area contributed by atoms with Gasteiger partial charge >= 0.3 is 5.97 Å². The number of benzene rings is 1. The fraction of sp³-hybridized carbons (Fsp3) is 0.364. The quantitative estimate of drug-likeness (QED) is 0.579. The van der Waals surface area contributed by atoms with E-state index < -0.39 is 0 Å². The summed E-state index contributed by atoms with van der Waals surface area (Å²) in [7, 11) is 1.37. The number of nitrogens with one attached hydrogen (secondary N) is 1. The first kappa shape index (κ1) is 19.9. The normalized spacial score (nSPS) is 15.1. The second-order valence-electron chi connectivity index (χ2n) is 6.95. The zero-order valence-corrected chi connectivity index (χ0v) is 16.2. The molecule has 0 saturated carbocycles. The average molecular weight is 383 g/mol. The van der Waals surface area contributed by atoms with Crippen molar-refractivity contribution in [3.63, 3.8) is 0 Å². The van der Waals surface area contributed by atoms with E-state index in [2.05, 4.69) is 29.0 Å². The van der Waals surface area contributed by atoms with Crippen molar-refractivity contribution >= 4 is 18.0 Å². The van der Waals surface area contributed by atoms with Gasteiger partial charge in [-0.25, -0.2) is 0 Å². The molecule has 1 aromatic carbocycles. The van der Waals surface area contributed by atoms with Gasteiger partial charge in [-0.05, 0) is 18.2 Å². The number of methoxy groups -OCH3 is 1. The fourth-order valence-corrected chi connectivity index (χ4v) is 3.31. The highest BCUT2D eigenvalue weighted by Gasteiger charge is 2.22. The first-order valence-corrected chi connectivity index (χ1v) is 9.64. The molecular formula is C22H27N2O4+. The van der Waals surface area contributed by atoms with Crippen molar-refractivity contribution in [2.24, 2.45) is 0 Å². The third kappa shape index (κ3) is 5.82. The molecule has 0 radical (unpaired) electrons. The molecule has 0 bridgehead atoms. The Morgan fingerprint density at radius 2 is 1.89 bits per heavy atom. The summed E-state index contributed by atoms with van der Waals surface area (Å²) in [5.74, 6) is 1.06. The van der Waals surface area contributed by atoms with Gasteiger partial charge in [-0.15, -0.1) is 0 Å². The Morgan fingerprint density at radius 1 is 1.14 bits per heavy atom. The lowest BCUT2D eigenvalue weighted by atomic mass is 10.2. The van der Waals surface area contributed by atoms with Crippen LogP contribution in [-0.4, -0.2) is 50.1 Å². The molecule has 148 valence electrons. The van der Waals surface area contributed by atoms with Crippen LogP contribution in [-0.2, 0) is 27.3 Å². The van der Waals surface area contributed by atoms with Crippen LogP contribution >= 0.6 is 0 Å². The van der Waals surface area contributed by atoms with Crippen molar-refractivity contribution in [1.29, 1.82) is 0 Å². The number of quaternary nitrogens is 1. The van der Waals surface area contributed by atoms with Crippen LogP contribution in [0.2, 0.25) is 0 Å². The zero-order valence-electron chi connectivity index (χ0n) is 16.2. The van der Waals surface area contributed by atoms with Crippen molar-refractivity contribution in [3.05, 3.63) is 65.6 Å². The molecule has 1 aliphatic rings. The third-order valence-electron chi connectivity index (χ3n) is 4.95. The molecule has 1 N–H and O–H groups in total. The highest BCUT2D eigenvalue weighted by atomic mass is 16.5. The number of furan rings is 1. The molecule has 1 amide bonds. The number of nitrogens with zero attached hydrogens (tertiary/aromatic N) is 1. The molecule has 0 aliphatic carbocycles. The predicted octanol–water partition coefficient (Wildman–Crippen LogP) is 1.33. The number of aryl methyl sites for hydroxylation is 1. The predicted molar refractivity (Wildman–Crippen MR) is 106 cm³/mol. The van der Waals surface area contributed by atoms with E-state index in [1.165, 1.54) is 17.6 Å². The van der Waals surface area contributed by atoms with Gasteiger partial charge in [0.15, 0.2) is 0 Å². The molecular weight excluding hydrogens is 356 g/mol. The van der Waals surface area contributed by atoms with Gasteiger partial charge in [0.2, 0.25) is 5.91 Å². The van der Waals surface area contributed by atoms with Gasteiger partial charge in [0.25, 0.3) is 0 Å². The van der Waals surface area contributed by atoms with Gasteiger partial charge < -0.3 is 19.0 Å². The molecule has 2 heterocycles. The number of carbonyl (C=O) groups is 2. The Bertz CT molecular complexity index is 805. The molecule has 3 rings (SSSR count). The molecule has 1 saturated heterocycles. The van der Waals surface area contributed by atoms with Crippen LogP contribution in [0.1, 0.15) is 23.5 Å². The van der Waals surface area contributed by atoms with Crippen molar-refractivity contribution in [2.75, 3.05) is 33.3 Å². The Hall–Kier alpha value is -2.86. The van der Waals surface area contributed by atoms with Crippen molar-refractivity contribution in [1.82, 2.24) is 4.90 Å². The second kappa shape index (κ2) is 9.90. The standard InChI is InChI=1S/C22H26N2O4/c1-27-22(26)12-10-20-8-7-19(28-20)9-11-21(25)24-15-13-23(14-16-24)17-18-5-3-2-4-6-18/h2-9,11H,10,12-17H2,1H3/p+1/b11-9+. The van der Waals surface area contributed by atoms with E-state index in [0.717, 1.165) is 32.7 Å². The van der Waals surface area contributed by atoms with Gasteiger partial charge in [0.05, 0.1) is 39.7 Å². The monoisotopic (exact) mass is 383 g/mol. The number of carbonyl (C=O) groups excluding carboxylic acids is 2. The molecule has 0 atom stereocenters. The number of esters is 1. The van der Waals surface area contributed by atoms with Gasteiger partial charge in [-0.2, -0.15) is 0 Å². The van der Waals surface area contributed by atoms with Crippen LogP contribution < -0.4 is 4.90 Å². The van der Waals surface area contributed by atoms with E-state index in [-0.39, 0.29) is 18.3 Å². The van der Waals surface area contributed by atoms with Crippen LogP contribution in [0.15, 0.2) is 53.0 Å². The van der Waals surface area contributed by atoms with Crippen LogP contribution in [0.3, 0.4) is 0 Å². The van der Waals surface area contributed by atoms with Crippen molar-refractivity contribution in [3.8, 4) is 0 Å². The van der Waals surface area contributed by atoms with E-state index in [4.69, 9.17) is 4.42 Å². The Morgan fingerprint density at radius 3 is 2.61 bits per heavy atom. The van der Waals surface area contributed by atoms with Crippen LogP contribution in [0.25, 0.3) is 6.08 Å². The maximum atomic E-state index is 12.4. The maximum absolute atomic E-state index is 12.4. The van der Waals surface area contributed by atoms with E-state index in [9.17, 15) is 9.59 Å². The van der Waals surface area contributed by atoms with E-state index >= 15 is 0 Å². The molecule has 6 nitrogen and oxygen atoms in total. The topological polar surface area (TPSA) is 64.2 Å². The maximum Gasteiger partial charge on any atom is 0.305 e. The Labute approximate surface area is 165 Å². The molecule has 1 fully saturated rings. The first-order chi connectivity index (χ1) is 13.6. The molecule has 2 aromatic rings. The summed E-state index contributed by atoms with van der Waals surface area (Å²) in [4.78, 5) is 27.0. The molecule has 6 heteroatoms. The molecule has 1 aromatic heterocycles. The van der Waals surface area contributed by atoms with E-state index in [0.29, 0.717) is 17.9 Å². The summed E-state index contributed by atoms with van der Waals surface area (Å²) in [6, 6.07) is 14.1. The molecule has 0 spiro atoms. The largest absolute Gasteiger partial charge is 0.469 e. The third-order valence-corrected chi connectivity index (χ3v) is 4.95. The van der Waals surface area contributed by atoms with Crippen LogP contribution in [0.5, 0.6) is 0 Å². The number of rotatable bonds is 7. The summed E-state index contributed by atoms with van der Waals surface area (Å²) in [6.07, 6.45) is 4.01. The number of hydrogen-bond donors (Lipinski definition) is 1. The number of hydrogen-bond acceptors (Lipinski definition) is 4. The summed E-state index contributed by atoms with van der Waals surface area (Å²) >= 11 is 0. The van der Waals surface area contributed by atoms with Crippen LogP contribution in [0.4, 0.5) is 0 Å². The Balaban J connectivity index is 1.44. The zero-order chi connectivity index (χ0) is 19.8. The van der Waals surface area contributed by atoms with E-state index in [1.54, 1.807) is 18.2 Å². The summed E-state index contributed by atoms with van der Waals surface area (Å²) in [5, 5.41) is 0. The minimum absolute atomic E-state index is 0.00581. The summed E-state index contributed by atoms with van der Waals surface area (Å²) in [6.45, 7) is 4.42. The lowest BCUT2D eigenvalue weighted by Crippen LogP contribution is -3.13. The van der Waals surface area contributed by atoms with Gasteiger partial charge in [0.1, 0.15) is 18.1 Å². The summed E-state index contributed by atoms with van der Waals surface area (Å²) in [5.41, 5.74) is 1.33. The molecule has 0 unspecified atom stereocenters. The SMILES string of the molecule is COC(=O)CCc1ccc(/C=C/C(=O)N2CC[NH+](Cc3ccccc3)CC2)o1. The van der Waals surface area contributed by atoms with Gasteiger partial charge in [0, 0.05) is 18.1 Å². The van der Waals surface area contributed by atoms with Crippen LogP contribution in [0, 0.1) is 0 Å². The van der Waals surface area contributed by atoms with Crippen molar-refractivity contribution < 1.29 is 23.6 Å². The minimum Gasteiger partial charge on any atom is -0.469 e. The minimum atomic E-state index is -0.266. The number of piperazine rings is 1. The highest BCUT2D eigenvalue weighted by molar-refractivity contribution is 5.91. The van der Waals surface area contributed by atoms with E-state index in [1.807, 2.05) is 17.0 Å². The second-order valence-corrected chi connectivity index (χ2v) is 6.95. The smallest absolute Gasteiger partial charge is 0.305 e. The highest BCUT2D eigenvalue weighted by Crippen LogP contribution is 2.12. The summed E-state index contributed by atoms with van der Waals surface area (Å²) < 4.78 is 10.2. The van der Waals surface area contributed by atoms with Gasteiger partial charge in [-0.3, -0.25) is 9.59 Å². The first-order valence-electron chi connectivity index (χ1n) is 9.64. The lowest BCUT2D eigenvalue weighted by molar-refractivity contribution is -0.917.